The molecule has 1 aliphatic heterocycles. The summed E-state index contributed by atoms with van der Waals surface area (Å²) in [4.78, 5) is 24.6. The Kier molecular flexibility index (Phi) is 3.14. The lowest BCUT2D eigenvalue weighted by atomic mass is 9.45. The van der Waals surface area contributed by atoms with Crippen molar-refractivity contribution < 1.29 is 9.59 Å². The zero-order valence-electron chi connectivity index (χ0n) is 15.1. The Balaban J connectivity index is 1.71. The SMILES string of the molecule is CC1(C)CC(=O)[C@@]2(C)CC[C@@H]3[C@@H](CCC4NC(=O)CC[C@@]43C)[C@H]12. The van der Waals surface area contributed by atoms with E-state index in [9.17, 15) is 9.59 Å². The quantitative estimate of drug-likeness (QED) is 0.740. The summed E-state index contributed by atoms with van der Waals surface area (Å²) in [6, 6.07) is 0.356. The van der Waals surface area contributed by atoms with Crippen molar-refractivity contribution in [1.82, 2.24) is 5.32 Å². The van der Waals surface area contributed by atoms with Crippen LogP contribution in [0.15, 0.2) is 0 Å². The minimum Gasteiger partial charge on any atom is -0.353 e. The first-order valence-corrected chi connectivity index (χ1v) is 9.51. The molecular formula is C20H31NO2. The molecule has 3 nitrogen and oxygen atoms in total. The Labute approximate surface area is 140 Å². The van der Waals surface area contributed by atoms with Gasteiger partial charge in [0.2, 0.25) is 5.91 Å². The molecule has 0 radical (unpaired) electrons. The normalized spacial score (nSPS) is 51.5. The molecular weight excluding hydrogens is 286 g/mol. The van der Waals surface area contributed by atoms with Crippen LogP contribution in [0.3, 0.4) is 0 Å². The van der Waals surface area contributed by atoms with Crippen LogP contribution >= 0.6 is 0 Å². The molecule has 128 valence electrons. The molecule has 3 aliphatic carbocycles. The molecule has 0 aromatic rings. The van der Waals surface area contributed by atoms with Crippen molar-refractivity contribution in [2.45, 2.75) is 78.7 Å². The topological polar surface area (TPSA) is 46.2 Å². The summed E-state index contributed by atoms with van der Waals surface area (Å²) >= 11 is 0. The Bertz CT molecular complexity index is 568. The molecule has 4 rings (SSSR count). The highest BCUT2D eigenvalue weighted by atomic mass is 16.1. The largest absolute Gasteiger partial charge is 0.353 e. The number of hydrogen-bond acceptors (Lipinski definition) is 2. The number of nitrogens with one attached hydrogen (secondary N) is 1. The summed E-state index contributed by atoms with van der Waals surface area (Å²) in [5.41, 5.74) is 0.280. The standard InChI is InChI=1S/C20H31NO2/c1-18(2)11-15(22)20(4)9-7-13-12(17(18)20)5-6-14-19(13,3)10-8-16(23)21-14/h12-14,17H,5-11H2,1-4H3,(H,21,23)/t12-,13-,14?,17-,19-,20-/m1/s1. The molecule has 0 aromatic carbocycles. The van der Waals surface area contributed by atoms with E-state index in [-0.39, 0.29) is 22.2 Å². The average Bonchev–Trinajstić information content (AvgIpc) is 2.65. The maximum Gasteiger partial charge on any atom is 0.220 e. The summed E-state index contributed by atoms with van der Waals surface area (Å²) < 4.78 is 0. The van der Waals surface area contributed by atoms with Crippen molar-refractivity contribution in [2.75, 3.05) is 0 Å². The fourth-order valence-electron chi connectivity index (χ4n) is 7.39. The van der Waals surface area contributed by atoms with Gasteiger partial charge in [0.15, 0.2) is 0 Å². The Morgan fingerprint density at radius 1 is 1.00 bits per heavy atom. The molecule has 4 fully saturated rings. The third-order valence-corrected chi connectivity index (χ3v) is 8.36. The second-order valence-electron chi connectivity index (χ2n) is 10.00. The molecule has 3 saturated carbocycles. The molecule has 0 spiro atoms. The second kappa shape index (κ2) is 4.61. The minimum absolute atomic E-state index is 0.0915. The van der Waals surface area contributed by atoms with Crippen molar-refractivity contribution in [1.29, 1.82) is 0 Å². The van der Waals surface area contributed by atoms with Gasteiger partial charge in [-0.15, -0.1) is 0 Å². The molecule has 23 heavy (non-hydrogen) atoms. The van der Waals surface area contributed by atoms with Crippen LogP contribution in [0.1, 0.15) is 72.6 Å². The number of amides is 1. The number of carbonyl (C=O) groups is 2. The summed E-state index contributed by atoms with van der Waals surface area (Å²) in [6.07, 6.45) is 6.97. The van der Waals surface area contributed by atoms with Gasteiger partial charge in [0, 0.05) is 24.3 Å². The molecule has 1 amide bonds. The van der Waals surface area contributed by atoms with E-state index >= 15 is 0 Å². The van der Waals surface area contributed by atoms with Crippen LogP contribution in [-0.2, 0) is 9.59 Å². The fourth-order valence-corrected chi connectivity index (χ4v) is 7.39. The van der Waals surface area contributed by atoms with E-state index < -0.39 is 0 Å². The molecule has 1 unspecified atom stereocenters. The number of piperidine rings is 1. The molecule has 4 aliphatic rings. The fraction of sp³-hybridized carbons (Fsp3) is 0.900. The Morgan fingerprint density at radius 3 is 2.48 bits per heavy atom. The summed E-state index contributed by atoms with van der Waals surface area (Å²) in [7, 11) is 0. The average molecular weight is 317 g/mol. The Morgan fingerprint density at radius 2 is 1.74 bits per heavy atom. The zero-order chi connectivity index (χ0) is 16.6. The first-order chi connectivity index (χ1) is 10.7. The number of Topliss-reactive ketones (excluding diaryl/α,β-unsaturated/α-hetero) is 1. The van der Waals surface area contributed by atoms with Gasteiger partial charge in [-0.3, -0.25) is 9.59 Å². The maximum atomic E-state index is 12.8. The van der Waals surface area contributed by atoms with E-state index in [1.54, 1.807) is 0 Å². The van der Waals surface area contributed by atoms with Gasteiger partial charge in [-0.05, 0) is 60.7 Å². The van der Waals surface area contributed by atoms with E-state index in [4.69, 9.17) is 0 Å². The Hall–Kier alpha value is -0.860. The van der Waals surface area contributed by atoms with Crippen LogP contribution < -0.4 is 5.32 Å². The van der Waals surface area contributed by atoms with Crippen molar-refractivity contribution in [3.63, 3.8) is 0 Å². The minimum atomic E-state index is -0.0915. The van der Waals surface area contributed by atoms with Crippen LogP contribution in [0.4, 0.5) is 0 Å². The van der Waals surface area contributed by atoms with E-state index in [2.05, 4.69) is 33.0 Å². The highest BCUT2D eigenvalue weighted by Gasteiger charge is 2.65. The van der Waals surface area contributed by atoms with Gasteiger partial charge in [-0.1, -0.05) is 27.7 Å². The zero-order valence-corrected chi connectivity index (χ0v) is 15.1. The van der Waals surface area contributed by atoms with Crippen molar-refractivity contribution >= 4 is 11.7 Å². The van der Waals surface area contributed by atoms with E-state index in [0.29, 0.717) is 36.0 Å². The van der Waals surface area contributed by atoms with Gasteiger partial charge in [0.25, 0.3) is 0 Å². The van der Waals surface area contributed by atoms with Gasteiger partial charge >= 0.3 is 0 Å². The summed E-state index contributed by atoms with van der Waals surface area (Å²) in [6.45, 7) is 9.31. The van der Waals surface area contributed by atoms with E-state index in [0.717, 1.165) is 25.7 Å². The van der Waals surface area contributed by atoms with Gasteiger partial charge < -0.3 is 5.32 Å². The number of fused-ring (bicyclic) bond motifs is 5. The predicted molar refractivity (Wildman–Crippen MR) is 89.7 cm³/mol. The lowest BCUT2D eigenvalue weighted by molar-refractivity contribution is -0.145. The summed E-state index contributed by atoms with van der Waals surface area (Å²) in [5.74, 6) is 2.60. The molecule has 6 atom stereocenters. The van der Waals surface area contributed by atoms with Crippen LogP contribution in [-0.4, -0.2) is 17.7 Å². The first kappa shape index (κ1) is 15.7. The number of rotatable bonds is 0. The van der Waals surface area contributed by atoms with Crippen LogP contribution in [0, 0.1) is 34.0 Å². The molecule has 0 aromatic heterocycles. The summed E-state index contributed by atoms with van der Waals surface area (Å²) in [5, 5.41) is 3.28. The van der Waals surface area contributed by atoms with Gasteiger partial charge in [-0.2, -0.15) is 0 Å². The number of hydrogen-bond donors (Lipinski definition) is 1. The van der Waals surface area contributed by atoms with Crippen LogP contribution in [0.2, 0.25) is 0 Å². The monoisotopic (exact) mass is 317 g/mol. The van der Waals surface area contributed by atoms with Crippen molar-refractivity contribution in [3.05, 3.63) is 0 Å². The van der Waals surface area contributed by atoms with Crippen molar-refractivity contribution in [2.24, 2.45) is 34.0 Å². The maximum absolute atomic E-state index is 12.8. The smallest absolute Gasteiger partial charge is 0.220 e. The van der Waals surface area contributed by atoms with Crippen LogP contribution in [0.25, 0.3) is 0 Å². The highest BCUT2D eigenvalue weighted by Crippen LogP contribution is 2.67. The first-order valence-electron chi connectivity index (χ1n) is 9.51. The van der Waals surface area contributed by atoms with E-state index in [1.165, 1.54) is 12.8 Å². The number of carbonyl (C=O) groups excluding carboxylic acids is 2. The lowest BCUT2D eigenvalue weighted by Crippen LogP contribution is -2.61. The third-order valence-electron chi connectivity index (χ3n) is 8.36. The lowest BCUT2D eigenvalue weighted by Gasteiger charge is -2.60. The molecule has 3 heteroatoms. The third kappa shape index (κ3) is 1.94. The van der Waals surface area contributed by atoms with Gasteiger partial charge in [0.1, 0.15) is 5.78 Å². The molecule has 1 saturated heterocycles. The van der Waals surface area contributed by atoms with Gasteiger partial charge in [-0.25, -0.2) is 0 Å². The molecule has 0 bridgehead atoms. The van der Waals surface area contributed by atoms with Gasteiger partial charge in [0.05, 0.1) is 0 Å². The highest BCUT2D eigenvalue weighted by molar-refractivity contribution is 5.88. The predicted octanol–water partition coefficient (Wildman–Crippen LogP) is 3.71. The molecule has 1 heterocycles. The number of ketones is 1. The van der Waals surface area contributed by atoms with E-state index in [1.807, 2.05) is 0 Å². The molecule has 1 N–H and O–H groups in total. The second-order valence-corrected chi connectivity index (χ2v) is 10.00. The van der Waals surface area contributed by atoms with Crippen molar-refractivity contribution in [3.8, 4) is 0 Å². The van der Waals surface area contributed by atoms with Crippen LogP contribution in [0.5, 0.6) is 0 Å².